The van der Waals surface area contributed by atoms with Crippen LogP contribution in [0.4, 0.5) is 0 Å². The lowest BCUT2D eigenvalue weighted by atomic mass is 9.85. The lowest BCUT2D eigenvalue weighted by molar-refractivity contribution is 0.826. The average molecular weight is 323 g/mol. The highest BCUT2D eigenvalue weighted by Crippen LogP contribution is 2.30. The Morgan fingerprint density at radius 3 is 2.04 bits per heavy atom. The molecule has 0 N–H and O–H groups in total. The van der Waals surface area contributed by atoms with Crippen molar-refractivity contribution < 1.29 is 0 Å². The summed E-state index contributed by atoms with van der Waals surface area (Å²) in [4.78, 5) is 0. The van der Waals surface area contributed by atoms with Gasteiger partial charge in [-0.25, -0.2) is 0 Å². The van der Waals surface area contributed by atoms with Gasteiger partial charge in [0.1, 0.15) is 0 Å². The summed E-state index contributed by atoms with van der Waals surface area (Å²) < 4.78 is 0. The highest BCUT2D eigenvalue weighted by Gasteiger charge is 2.13. The van der Waals surface area contributed by atoms with Crippen LogP contribution >= 0.6 is 0 Å². The van der Waals surface area contributed by atoms with E-state index in [2.05, 4.69) is 57.2 Å². The van der Waals surface area contributed by atoms with E-state index in [-0.39, 0.29) is 5.92 Å². The van der Waals surface area contributed by atoms with Crippen LogP contribution in [0.3, 0.4) is 0 Å². The normalized spacial score (nSPS) is 13.5. The van der Waals surface area contributed by atoms with E-state index in [0.29, 0.717) is 0 Å². The number of hydrogen-bond acceptors (Lipinski definition) is 0. The van der Waals surface area contributed by atoms with Crippen molar-refractivity contribution in [2.75, 3.05) is 0 Å². The van der Waals surface area contributed by atoms with E-state index < -0.39 is 0 Å². The van der Waals surface area contributed by atoms with Gasteiger partial charge in [-0.1, -0.05) is 60.8 Å². The highest BCUT2D eigenvalue weighted by atomic mass is 14.2. The van der Waals surface area contributed by atoms with E-state index in [1.54, 1.807) is 0 Å². The van der Waals surface area contributed by atoms with Crippen LogP contribution in [0.1, 0.15) is 45.4 Å². The van der Waals surface area contributed by atoms with Gasteiger partial charge in [-0.3, -0.25) is 0 Å². The summed E-state index contributed by atoms with van der Waals surface area (Å²) in [6.45, 7) is 21.9. The van der Waals surface area contributed by atoms with Gasteiger partial charge in [-0.15, -0.1) is 26.3 Å². The Hall–Kier alpha value is -2.08. The van der Waals surface area contributed by atoms with Gasteiger partial charge in [0.25, 0.3) is 0 Å². The van der Waals surface area contributed by atoms with Gasteiger partial charge in [0.05, 0.1) is 0 Å². The molecule has 0 saturated carbocycles. The quantitative estimate of drug-likeness (QED) is 0.175. The molecule has 0 saturated heterocycles. The molecule has 0 bridgehead atoms. The molecule has 0 amide bonds. The first-order valence-corrected chi connectivity index (χ1v) is 8.81. The minimum atomic E-state index is 0.231. The smallest absolute Gasteiger partial charge is 0.0163 e. The summed E-state index contributed by atoms with van der Waals surface area (Å²) >= 11 is 0. The highest BCUT2D eigenvalue weighted by molar-refractivity contribution is 5.45. The SMILES string of the molecule is C=CCCC=CC(C(=C)CCC=C)=C(CCC=C)C(C=C)C=CC. The molecule has 0 aromatic rings. The molecule has 0 aromatic carbocycles. The lowest BCUT2D eigenvalue weighted by Gasteiger charge is -2.19. The molecule has 24 heavy (non-hydrogen) atoms. The summed E-state index contributed by atoms with van der Waals surface area (Å²) in [5, 5.41) is 0. The van der Waals surface area contributed by atoms with Crippen LogP contribution in [-0.2, 0) is 0 Å². The fourth-order valence-corrected chi connectivity index (χ4v) is 2.56. The molecule has 0 heterocycles. The maximum Gasteiger partial charge on any atom is 0.0163 e. The molecular weight excluding hydrogens is 288 g/mol. The maximum atomic E-state index is 4.34. The zero-order valence-corrected chi connectivity index (χ0v) is 15.5. The maximum absolute atomic E-state index is 4.34. The third-order valence-corrected chi connectivity index (χ3v) is 3.87. The second-order valence-corrected chi connectivity index (χ2v) is 5.75. The number of rotatable bonds is 14. The van der Waals surface area contributed by atoms with Gasteiger partial charge < -0.3 is 0 Å². The van der Waals surface area contributed by atoms with Gasteiger partial charge in [-0.2, -0.15) is 0 Å². The van der Waals surface area contributed by atoms with E-state index in [1.807, 2.05) is 31.2 Å². The molecule has 0 aliphatic carbocycles. The molecular formula is C24H34. The first-order chi connectivity index (χ1) is 11.7. The van der Waals surface area contributed by atoms with Crippen molar-refractivity contribution in [1.29, 1.82) is 0 Å². The van der Waals surface area contributed by atoms with Crippen molar-refractivity contribution in [2.45, 2.75) is 45.4 Å². The van der Waals surface area contributed by atoms with Crippen LogP contribution < -0.4 is 0 Å². The Morgan fingerprint density at radius 2 is 1.50 bits per heavy atom. The molecule has 130 valence electrons. The molecule has 0 rings (SSSR count). The third-order valence-electron chi connectivity index (χ3n) is 3.87. The number of unbranched alkanes of at least 4 members (excludes halogenated alkanes) is 1. The molecule has 0 aromatic heterocycles. The molecule has 0 spiro atoms. The second-order valence-electron chi connectivity index (χ2n) is 5.75. The first-order valence-electron chi connectivity index (χ1n) is 8.81. The molecule has 0 fully saturated rings. The molecule has 0 aliphatic rings. The Morgan fingerprint density at radius 1 is 0.875 bits per heavy atom. The Bertz CT molecular complexity index is 508. The lowest BCUT2D eigenvalue weighted by Crippen LogP contribution is -2.03. The molecule has 0 nitrogen and oxygen atoms in total. The van der Waals surface area contributed by atoms with Crippen LogP contribution in [-0.4, -0.2) is 0 Å². The third kappa shape index (κ3) is 8.53. The number of allylic oxidation sites excluding steroid dienone is 11. The zero-order valence-electron chi connectivity index (χ0n) is 15.5. The van der Waals surface area contributed by atoms with Crippen LogP contribution in [0.25, 0.3) is 0 Å². The van der Waals surface area contributed by atoms with Crippen molar-refractivity contribution in [3.05, 3.63) is 98.2 Å². The minimum absolute atomic E-state index is 0.231. The van der Waals surface area contributed by atoms with Crippen LogP contribution in [0.2, 0.25) is 0 Å². The van der Waals surface area contributed by atoms with E-state index in [4.69, 9.17) is 0 Å². The van der Waals surface area contributed by atoms with Crippen molar-refractivity contribution in [3.8, 4) is 0 Å². The van der Waals surface area contributed by atoms with E-state index in [1.165, 1.54) is 16.7 Å². The van der Waals surface area contributed by atoms with E-state index >= 15 is 0 Å². The molecule has 1 unspecified atom stereocenters. The Labute approximate surface area is 150 Å². The topological polar surface area (TPSA) is 0 Å². The van der Waals surface area contributed by atoms with Crippen LogP contribution in [0, 0.1) is 5.92 Å². The number of hydrogen-bond donors (Lipinski definition) is 0. The fourth-order valence-electron chi connectivity index (χ4n) is 2.56. The standard InChI is InChI=1S/C24H34/c1-7-12-15-16-20-23(21(6)18-13-8-2)24(19-14-9-3)22(11-5)17-10-4/h7-11,16-17,20,22H,1-3,5-6,12-15,18-19H2,4H3. The van der Waals surface area contributed by atoms with Crippen molar-refractivity contribution >= 4 is 0 Å². The van der Waals surface area contributed by atoms with Gasteiger partial charge in [0.15, 0.2) is 0 Å². The Balaban J connectivity index is 5.85. The molecule has 0 aliphatic heterocycles. The van der Waals surface area contributed by atoms with Crippen LogP contribution in [0.5, 0.6) is 0 Å². The van der Waals surface area contributed by atoms with Crippen molar-refractivity contribution in [3.63, 3.8) is 0 Å². The predicted molar refractivity (Wildman–Crippen MR) is 112 cm³/mol. The van der Waals surface area contributed by atoms with Gasteiger partial charge in [0.2, 0.25) is 0 Å². The largest absolute Gasteiger partial charge is 0.103 e. The summed E-state index contributed by atoms with van der Waals surface area (Å²) in [6, 6.07) is 0. The van der Waals surface area contributed by atoms with Crippen molar-refractivity contribution in [1.82, 2.24) is 0 Å². The Kier molecular flexibility index (Phi) is 13.3. The zero-order chi connectivity index (χ0) is 18.2. The summed E-state index contributed by atoms with van der Waals surface area (Å²) in [5.74, 6) is 0.231. The monoisotopic (exact) mass is 322 g/mol. The van der Waals surface area contributed by atoms with E-state index in [9.17, 15) is 0 Å². The first kappa shape index (κ1) is 21.9. The summed E-state index contributed by atoms with van der Waals surface area (Å²) in [6.07, 6.45) is 22.4. The molecule has 0 radical (unpaired) electrons. The van der Waals surface area contributed by atoms with Crippen LogP contribution in [0.15, 0.2) is 98.2 Å². The fraction of sp³-hybridized carbons (Fsp3) is 0.333. The summed E-state index contributed by atoms with van der Waals surface area (Å²) in [7, 11) is 0. The average Bonchev–Trinajstić information content (AvgIpc) is 2.60. The van der Waals surface area contributed by atoms with Crippen molar-refractivity contribution in [2.24, 2.45) is 5.92 Å². The van der Waals surface area contributed by atoms with Gasteiger partial charge in [-0.05, 0) is 56.6 Å². The van der Waals surface area contributed by atoms with Gasteiger partial charge in [0, 0.05) is 5.92 Å². The van der Waals surface area contributed by atoms with Gasteiger partial charge >= 0.3 is 0 Å². The minimum Gasteiger partial charge on any atom is -0.103 e. The summed E-state index contributed by atoms with van der Waals surface area (Å²) in [5.41, 5.74) is 3.79. The molecule has 0 heteroatoms. The molecule has 1 atom stereocenters. The second kappa shape index (κ2) is 14.5. The predicted octanol–water partition coefficient (Wildman–Crippen LogP) is 7.67. The van der Waals surface area contributed by atoms with E-state index in [0.717, 1.165) is 38.5 Å².